The maximum Gasteiger partial charge on any atom is 0.335 e. The van der Waals surface area contributed by atoms with Gasteiger partial charge in [-0.3, -0.25) is 0 Å². The van der Waals surface area contributed by atoms with Crippen LogP contribution in [0.3, 0.4) is 0 Å². The van der Waals surface area contributed by atoms with E-state index in [-0.39, 0.29) is 16.5 Å². The highest BCUT2D eigenvalue weighted by molar-refractivity contribution is 6.29. The zero-order chi connectivity index (χ0) is 14.0. The number of halogens is 2. The van der Waals surface area contributed by atoms with Crippen LogP contribution < -0.4 is 5.32 Å². The topological polar surface area (TPSA) is 62.2 Å². The van der Waals surface area contributed by atoms with Crippen LogP contribution in [-0.2, 0) is 0 Å². The van der Waals surface area contributed by atoms with Gasteiger partial charge in [0, 0.05) is 5.69 Å². The van der Waals surface area contributed by atoms with Crippen LogP contribution >= 0.6 is 11.6 Å². The molecular formula is C13H10ClFN2O2. The SMILES string of the molecule is Cc1cc(F)ccc1Nc1cc(C(=O)O)cc(Cl)n1. The largest absolute Gasteiger partial charge is 0.478 e. The number of aryl methyl sites for hydroxylation is 1. The van der Waals surface area contributed by atoms with Gasteiger partial charge in [-0.25, -0.2) is 14.2 Å². The molecule has 0 radical (unpaired) electrons. The lowest BCUT2D eigenvalue weighted by Gasteiger charge is -2.09. The molecule has 0 fully saturated rings. The summed E-state index contributed by atoms with van der Waals surface area (Å²) >= 11 is 5.75. The number of pyridine rings is 1. The fourth-order valence-corrected chi connectivity index (χ4v) is 1.80. The zero-order valence-electron chi connectivity index (χ0n) is 9.95. The summed E-state index contributed by atoms with van der Waals surface area (Å²) in [4.78, 5) is 14.9. The molecule has 19 heavy (non-hydrogen) atoms. The van der Waals surface area contributed by atoms with Gasteiger partial charge in [-0.05, 0) is 42.8 Å². The number of aromatic nitrogens is 1. The monoisotopic (exact) mass is 280 g/mol. The Hall–Kier alpha value is -2.14. The second-order valence-corrected chi connectivity index (χ2v) is 4.34. The van der Waals surface area contributed by atoms with E-state index in [1.165, 1.54) is 24.3 Å². The Labute approximate surface area is 113 Å². The van der Waals surface area contributed by atoms with E-state index < -0.39 is 5.97 Å². The summed E-state index contributed by atoms with van der Waals surface area (Å²) < 4.78 is 13.0. The number of hydrogen-bond donors (Lipinski definition) is 2. The van der Waals surface area contributed by atoms with E-state index in [9.17, 15) is 9.18 Å². The minimum Gasteiger partial charge on any atom is -0.478 e. The van der Waals surface area contributed by atoms with Gasteiger partial charge in [-0.1, -0.05) is 11.6 Å². The van der Waals surface area contributed by atoms with E-state index >= 15 is 0 Å². The maximum absolute atomic E-state index is 13.0. The highest BCUT2D eigenvalue weighted by Crippen LogP contribution is 2.22. The third-order valence-corrected chi connectivity index (χ3v) is 2.69. The van der Waals surface area contributed by atoms with Gasteiger partial charge in [0.15, 0.2) is 0 Å². The van der Waals surface area contributed by atoms with Gasteiger partial charge in [0.05, 0.1) is 5.56 Å². The van der Waals surface area contributed by atoms with Gasteiger partial charge >= 0.3 is 5.97 Å². The van der Waals surface area contributed by atoms with Gasteiger partial charge < -0.3 is 10.4 Å². The fourth-order valence-electron chi connectivity index (χ4n) is 1.59. The van der Waals surface area contributed by atoms with Crippen molar-refractivity contribution < 1.29 is 14.3 Å². The van der Waals surface area contributed by atoms with Crippen molar-refractivity contribution in [3.05, 3.63) is 52.4 Å². The molecule has 0 saturated heterocycles. The molecule has 0 saturated carbocycles. The minimum atomic E-state index is -1.09. The molecule has 2 aromatic rings. The fraction of sp³-hybridized carbons (Fsp3) is 0.0769. The average Bonchev–Trinajstić information content (AvgIpc) is 2.32. The van der Waals surface area contributed by atoms with Crippen molar-refractivity contribution in [2.45, 2.75) is 6.92 Å². The number of carbonyl (C=O) groups is 1. The maximum atomic E-state index is 13.0. The van der Waals surface area contributed by atoms with Crippen LogP contribution in [0, 0.1) is 12.7 Å². The summed E-state index contributed by atoms with van der Waals surface area (Å²) in [7, 11) is 0. The van der Waals surface area contributed by atoms with E-state index in [2.05, 4.69) is 10.3 Å². The molecule has 0 spiro atoms. The van der Waals surface area contributed by atoms with E-state index in [0.29, 0.717) is 17.1 Å². The Morgan fingerprint density at radius 3 is 2.74 bits per heavy atom. The molecule has 0 amide bonds. The molecule has 4 nitrogen and oxygen atoms in total. The van der Waals surface area contributed by atoms with Crippen molar-refractivity contribution in [1.29, 1.82) is 0 Å². The van der Waals surface area contributed by atoms with Crippen molar-refractivity contribution in [2.24, 2.45) is 0 Å². The molecule has 1 aromatic heterocycles. The summed E-state index contributed by atoms with van der Waals surface area (Å²) in [6.07, 6.45) is 0. The van der Waals surface area contributed by atoms with Crippen molar-refractivity contribution in [1.82, 2.24) is 4.98 Å². The van der Waals surface area contributed by atoms with Gasteiger partial charge in [-0.2, -0.15) is 0 Å². The average molecular weight is 281 g/mol. The Morgan fingerprint density at radius 2 is 2.11 bits per heavy atom. The molecule has 1 aromatic carbocycles. The van der Waals surface area contributed by atoms with Gasteiger partial charge in [0.25, 0.3) is 0 Å². The number of carboxylic acid groups (broad SMARTS) is 1. The van der Waals surface area contributed by atoms with Crippen molar-refractivity contribution in [2.75, 3.05) is 5.32 Å². The summed E-state index contributed by atoms with van der Waals surface area (Å²) in [6, 6.07) is 6.83. The lowest BCUT2D eigenvalue weighted by molar-refractivity contribution is 0.0697. The molecule has 0 unspecified atom stereocenters. The number of aromatic carboxylic acids is 1. The molecule has 0 aliphatic heterocycles. The van der Waals surface area contributed by atoms with Crippen LogP contribution in [0.15, 0.2) is 30.3 Å². The lowest BCUT2D eigenvalue weighted by atomic mass is 10.2. The molecule has 0 aliphatic rings. The Bertz CT molecular complexity index is 647. The lowest BCUT2D eigenvalue weighted by Crippen LogP contribution is -2.01. The predicted octanol–water partition coefficient (Wildman–Crippen LogP) is 3.62. The number of hydrogen-bond acceptors (Lipinski definition) is 3. The highest BCUT2D eigenvalue weighted by atomic mass is 35.5. The van der Waals surface area contributed by atoms with Gasteiger partial charge in [-0.15, -0.1) is 0 Å². The molecular weight excluding hydrogens is 271 g/mol. The van der Waals surface area contributed by atoms with Crippen molar-refractivity contribution in [3.63, 3.8) is 0 Å². The standard InChI is InChI=1S/C13H10ClFN2O2/c1-7-4-9(15)2-3-10(7)16-12-6-8(13(18)19)5-11(14)17-12/h2-6H,1H3,(H,16,17)(H,18,19). The molecule has 0 bridgehead atoms. The Morgan fingerprint density at radius 1 is 1.37 bits per heavy atom. The summed E-state index contributed by atoms with van der Waals surface area (Å²) in [5.41, 5.74) is 1.34. The first kappa shape index (κ1) is 13.3. The number of nitrogens with one attached hydrogen (secondary N) is 1. The second kappa shape index (κ2) is 5.24. The second-order valence-electron chi connectivity index (χ2n) is 3.95. The number of benzene rings is 1. The number of carboxylic acids is 1. The van der Waals surface area contributed by atoms with Crippen LogP contribution in [0.5, 0.6) is 0 Å². The number of anilines is 2. The number of nitrogens with zero attached hydrogens (tertiary/aromatic N) is 1. The molecule has 1 heterocycles. The molecule has 0 atom stereocenters. The van der Waals surface area contributed by atoms with Crippen LogP contribution in [0.1, 0.15) is 15.9 Å². The molecule has 98 valence electrons. The highest BCUT2D eigenvalue weighted by Gasteiger charge is 2.08. The van der Waals surface area contributed by atoms with Crippen LogP contribution in [0.2, 0.25) is 5.15 Å². The Balaban J connectivity index is 2.35. The van der Waals surface area contributed by atoms with Crippen LogP contribution in [0.4, 0.5) is 15.9 Å². The normalized spacial score (nSPS) is 10.3. The minimum absolute atomic E-state index is 0.0299. The Kier molecular flexibility index (Phi) is 3.66. The molecule has 0 aliphatic carbocycles. The van der Waals surface area contributed by atoms with E-state index in [1.54, 1.807) is 13.0 Å². The number of rotatable bonds is 3. The van der Waals surface area contributed by atoms with E-state index in [4.69, 9.17) is 16.7 Å². The van der Waals surface area contributed by atoms with Crippen LogP contribution in [-0.4, -0.2) is 16.1 Å². The van der Waals surface area contributed by atoms with Crippen molar-refractivity contribution in [3.8, 4) is 0 Å². The smallest absolute Gasteiger partial charge is 0.335 e. The van der Waals surface area contributed by atoms with E-state index in [0.717, 1.165) is 0 Å². The van der Waals surface area contributed by atoms with Gasteiger partial charge in [0.2, 0.25) is 0 Å². The first-order chi connectivity index (χ1) is 8.95. The summed E-state index contributed by atoms with van der Waals surface area (Å²) in [5.74, 6) is -1.14. The van der Waals surface area contributed by atoms with Crippen LogP contribution in [0.25, 0.3) is 0 Å². The van der Waals surface area contributed by atoms with E-state index in [1.807, 2.05) is 0 Å². The van der Waals surface area contributed by atoms with Gasteiger partial charge in [0.1, 0.15) is 16.8 Å². The summed E-state index contributed by atoms with van der Waals surface area (Å²) in [5, 5.41) is 11.9. The van der Waals surface area contributed by atoms with Crippen molar-refractivity contribution >= 4 is 29.1 Å². The predicted molar refractivity (Wildman–Crippen MR) is 70.6 cm³/mol. The zero-order valence-corrected chi connectivity index (χ0v) is 10.7. The third kappa shape index (κ3) is 3.20. The summed E-state index contributed by atoms with van der Waals surface area (Å²) in [6.45, 7) is 1.73. The molecule has 2 rings (SSSR count). The first-order valence-corrected chi connectivity index (χ1v) is 5.77. The quantitative estimate of drug-likeness (QED) is 0.843. The molecule has 6 heteroatoms. The molecule has 2 N–H and O–H groups in total. The third-order valence-electron chi connectivity index (χ3n) is 2.49. The first-order valence-electron chi connectivity index (χ1n) is 5.40.